The van der Waals surface area contributed by atoms with Gasteiger partial charge in [0.2, 0.25) is 0 Å². The molecule has 1 aliphatic rings. The number of rotatable bonds is 8. The van der Waals surface area contributed by atoms with Crippen molar-refractivity contribution in [3.63, 3.8) is 0 Å². The molecule has 4 aromatic rings. The molecule has 1 atom stereocenters. The van der Waals surface area contributed by atoms with Crippen LogP contribution >= 0.6 is 0 Å². The molecule has 0 bridgehead atoms. The summed E-state index contributed by atoms with van der Waals surface area (Å²) in [6, 6.07) is 25.6. The molecule has 3 aromatic carbocycles. The molecular formula is C27H26N4O3. The Morgan fingerprint density at radius 3 is 2.38 bits per heavy atom. The van der Waals surface area contributed by atoms with Crippen molar-refractivity contribution in [3.05, 3.63) is 102 Å². The number of fused-ring (bicyclic) bond motifs is 1. The number of benzene rings is 3. The second kappa shape index (κ2) is 9.72. The normalized spacial score (nSPS) is 14.1. The van der Waals surface area contributed by atoms with E-state index >= 15 is 0 Å². The Balaban J connectivity index is 1.35. The Morgan fingerprint density at radius 2 is 1.62 bits per heavy atom. The van der Waals surface area contributed by atoms with Crippen LogP contribution in [0, 0.1) is 0 Å². The van der Waals surface area contributed by atoms with Crippen LogP contribution in [0.2, 0.25) is 0 Å². The van der Waals surface area contributed by atoms with Crippen molar-refractivity contribution in [1.82, 2.24) is 10.4 Å². The van der Waals surface area contributed by atoms with Crippen molar-refractivity contribution in [3.8, 4) is 23.0 Å². The topological polar surface area (TPSA) is 76.7 Å². The van der Waals surface area contributed by atoms with Crippen LogP contribution < -0.4 is 30.4 Å². The summed E-state index contributed by atoms with van der Waals surface area (Å²) in [7, 11) is 3.30. The number of nitrogens with one attached hydrogen (secondary N) is 3. The molecule has 5 rings (SSSR count). The standard InChI is InChI=1S/C27H26N4O3/c1-32-22-13-10-19(24(16-22)33-2)17-29-27-25-23(14-15-28-27)30-31-26(25)18-8-11-21(12-9-18)34-20-6-4-3-5-7-20/h3-16,26,30-31H,17H2,1-2H3,(H,28,29). The lowest BCUT2D eigenvalue weighted by molar-refractivity contribution is 0.391. The van der Waals surface area contributed by atoms with Crippen LogP contribution in [0.1, 0.15) is 22.7 Å². The zero-order valence-electron chi connectivity index (χ0n) is 19.0. The number of methoxy groups -OCH3 is 2. The minimum Gasteiger partial charge on any atom is -0.497 e. The predicted molar refractivity (Wildman–Crippen MR) is 133 cm³/mol. The maximum Gasteiger partial charge on any atom is 0.133 e. The van der Waals surface area contributed by atoms with Crippen LogP contribution in [0.25, 0.3) is 0 Å². The van der Waals surface area contributed by atoms with Crippen molar-refractivity contribution in [2.75, 3.05) is 25.0 Å². The van der Waals surface area contributed by atoms with E-state index in [4.69, 9.17) is 14.2 Å². The highest BCUT2D eigenvalue weighted by Crippen LogP contribution is 2.38. The largest absolute Gasteiger partial charge is 0.497 e. The molecule has 0 fully saturated rings. The minimum atomic E-state index is -0.0604. The van der Waals surface area contributed by atoms with Gasteiger partial charge in [-0.3, -0.25) is 0 Å². The molecule has 1 aliphatic heterocycles. The van der Waals surface area contributed by atoms with Gasteiger partial charge in [0.25, 0.3) is 0 Å². The Hall–Kier alpha value is -4.23. The van der Waals surface area contributed by atoms with Gasteiger partial charge in [0.05, 0.1) is 25.9 Å². The Bertz CT molecular complexity index is 1260. The van der Waals surface area contributed by atoms with E-state index in [0.717, 1.165) is 51.2 Å². The third-order valence-electron chi connectivity index (χ3n) is 5.76. The summed E-state index contributed by atoms with van der Waals surface area (Å²) in [5, 5.41) is 3.48. The van der Waals surface area contributed by atoms with Crippen LogP contribution in [0.15, 0.2) is 85.1 Å². The highest BCUT2D eigenvalue weighted by atomic mass is 16.5. The Morgan fingerprint density at radius 1 is 0.853 bits per heavy atom. The molecule has 2 heterocycles. The van der Waals surface area contributed by atoms with Gasteiger partial charge in [-0.25, -0.2) is 10.4 Å². The summed E-state index contributed by atoms with van der Waals surface area (Å²) < 4.78 is 16.8. The lowest BCUT2D eigenvalue weighted by Gasteiger charge is -2.17. The number of hydrogen-bond donors (Lipinski definition) is 3. The van der Waals surface area contributed by atoms with Gasteiger partial charge < -0.3 is 25.0 Å². The predicted octanol–water partition coefficient (Wildman–Crippen LogP) is 5.52. The molecule has 34 heavy (non-hydrogen) atoms. The van der Waals surface area contributed by atoms with Gasteiger partial charge in [0.15, 0.2) is 0 Å². The Kier molecular flexibility index (Phi) is 6.18. The van der Waals surface area contributed by atoms with Crippen LogP contribution in [-0.4, -0.2) is 19.2 Å². The van der Waals surface area contributed by atoms with Gasteiger partial charge in [0, 0.05) is 29.9 Å². The average Bonchev–Trinajstić information content (AvgIpc) is 3.33. The summed E-state index contributed by atoms with van der Waals surface area (Å²) in [5.41, 5.74) is 10.8. The first-order chi connectivity index (χ1) is 16.7. The van der Waals surface area contributed by atoms with E-state index in [-0.39, 0.29) is 6.04 Å². The summed E-state index contributed by atoms with van der Waals surface area (Å²) in [6.07, 6.45) is 1.79. The van der Waals surface area contributed by atoms with E-state index in [1.54, 1.807) is 20.4 Å². The van der Waals surface area contributed by atoms with E-state index in [1.807, 2.05) is 66.7 Å². The van der Waals surface area contributed by atoms with Gasteiger partial charge >= 0.3 is 0 Å². The van der Waals surface area contributed by atoms with E-state index in [1.165, 1.54) is 0 Å². The molecule has 0 radical (unpaired) electrons. The lowest BCUT2D eigenvalue weighted by atomic mass is 9.99. The van der Waals surface area contributed by atoms with Crippen LogP contribution in [0.4, 0.5) is 11.5 Å². The van der Waals surface area contributed by atoms with E-state index in [9.17, 15) is 0 Å². The second-order valence-corrected chi connectivity index (χ2v) is 7.84. The number of hydrogen-bond acceptors (Lipinski definition) is 7. The van der Waals surface area contributed by atoms with Gasteiger partial charge in [-0.05, 0) is 48.0 Å². The van der Waals surface area contributed by atoms with Crippen LogP contribution in [0.5, 0.6) is 23.0 Å². The molecule has 0 spiro atoms. The lowest BCUT2D eigenvalue weighted by Crippen LogP contribution is -2.20. The fourth-order valence-corrected chi connectivity index (χ4v) is 4.02. The third kappa shape index (κ3) is 4.46. The van der Waals surface area contributed by atoms with Gasteiger partial charge in [-0.1, -0.05) is 30.3 Å². The highest BCUT2D eigenvalue weighted by Gasteiger charge is 2.27. The van der Waals surface area contributed by atoms with E-state index in [0.29, 0.717) is 6.54 Å². The summed E-state index contributed by atoms with van der Waals surface area (Å²) >= 11 is 0. The maximum absolute atomic E-state index is 5.93. The molecule has 0 saturated carbocycles. The smallest absolute Gasteiger partial charge is 0.133 e. The van der Waals surface area contributed by atoms with Crippen molar-refractivity contribution in [2.24, 2.45) is 0 Å². The third-order valence-corrected chi connectivity index (χ3v) is 5.76. The molecule has 7 heteroatoms. The van der Waals surface area contributed by atoms with Crippen molar-refractivity contribution in [1.29, 1.82) is 0 Å². The quantitative estimate of drug-likeness (QED) is 0.323. The summed E-state index contributed by atoms with van der Waals surface area (Å²) in [4.78, 5) is 4.62. The molecule has 7 nitrogen and oxygen atoms in total. The number of aromatic nitrogens is 1. The first-order valence-electron chi connectivity index (χ1n) is 11.0. The van der Waals surface area contributed by atoms with Crippen molar-refractivity contribution >= 4 is 11.5 Å². The van der Waals surface area contributed by atoms with Crippen molar-refractivity contribution in [2.45, 2.75) is 12.6 Å². The van der Waals surface area contributed by atoms with Gasteiger partial charge in [-0.2, -0.15) is 0 Å². The highest BCUT2D eigenvalue weighted by molar-refractivity contribution is 5.68. The van der Waals surface area contributed by atoms with E-state index < -0.39 is 0 Å². The fourth-order valence-electron chi connectivity index (χ4n) is 4.02. The first-order valence-corrected chi connectivity index (χ1v) is 11.0. The molecular weight excluding hydrogens is 428 g/mol. The zero-order valence-corrected chi connectivity index (χ0v) is 19.0. The SMILES string of the molecule is COc1ccc(CNc2nccc3c2C(c2ccc(Oc4ccccc4)cc2)NN3)c(OC)c1. The molecule has 172 valence electrons. The summed E-state index contributed by atoms with van der Waals surface area (Å²) in [5.74, 6) is 3.93. The number of nitrogens with zero attached hydrogens (tertiary/aromatic N) is 1. The molecule has 0 aliphatic carbocycles. The maximum atomic E-state index is 5.93. The van der Waals surface area contributed by atoms with Gasteiger partial charge in [-0.15, -0.1) is 0 Å². The average molecular weight is 455 g/mol. The number of para-hydroxylation sites is 1. The van der Waals surface area contributed by atoms with Crippen LogP contribution in [0.3, 0.4) is 0 Å². The number of ether oxygens (including phenoxy) is 3. The Labute approximate surface area is 198 Å². The molecule has 1 aromatic heterocycles. The second-order valence-electron chi connectivity index (χ2n) is 7.84. The number of anilines is 2. The fraction of sp³-hybridized carbons (Fsp3) is 0.148. The first kappa shape index (κ1) is 21.6. The molecule has 0 saturated heterocycles. The zero-order chi connectivity index (χ0) is 23.3. The van der Waals surface area contributed by atoms with E-state index in [2.05, 4.69) is 33.3 Å². The monoisotopic (exact) mass is 454 g/mol. The summed E-state index contributed by atoms with van der Waals surface area (Å²) in [6.45, 7) is 0.563. The molecule has 1 unspecified atom stereocenters. The molecule has 0 amide bonds. The van der Waals surface area contributed by atoms with Gasteiger partial charge in [0.1, 0.15) is 28.8 Å². The molecule has 3 N–H and O–H groups in total. The minimum absolute atomic E-state index is 0.0604. The van der Waals surface area contributed by atoms with Crippen molar-refractivity contribution < 1.29 is 14.2 Å². The number of pyridine rings is 1. The number of hydrazine groups is 1. The van der Waals surface area contributed by atoms with Crippen LogP contribution in [-0.2, 0) is 6.54 Å².